The monoisotopic (exact) mass is 362 g/mol. The molecule has 1 rings (SSSR count). The van der Waals surface area contributed by atoms with Crippen molar-refractivity contribution in [3.05, 3.63) is 30.6 Å². The number of hydrogen-bond acceptors (Lipinski definition) is 2. The number of aromatic nitrogens is 1. The van der Waals surface area contributed by atoms with E-state index >= 15 is 0 Å². The summed E-state index contributed by atoms with van der Waals surface area (Å²) in [5.41, 5.74) is 0. The van der Waals surface area contributed by atoms with E-state index in [0.717, 1.165) is 6.42 Å². The number of unbranched alkanes of at least 4 members (excludes halogenated alkanes) is 13. The number of carbonyl (C=O) groups excluding carboxylic acids is 1. The Morgan fingerprint density at radius 1 is 0.692 bits per heavy atom. The minimum atomic E-state index is -0.143. The standard InChI is InChI=1S/C23H40NO2/c1-2-3-4-5-6-7-8-9-10-11-12-13-14-18-21-26-23(25)22-24-19-16-15-17-20-24/h15-17,19-20H,2-14,18,21-22H2,1H3/q+1. The molecular formula is C23H40NO2+. The maximum absolute atomic E-state index is 11.7. The fraction of sp³-hybridized carbons (Fsp3) is 0.739. The summed E-state index contributed by atoms with van der Waals surface area (Å²) >= 11 is 0. The van der Waals surface area contributed by atoms with E-state index in [1.165, 1.54) is 83.5 Å². The Morgan fingerprint density at radius 2 is 1.15 bits per heavy atom. The fourth-order valence-corrected chi connectivity index (χ4v) is 3.22. The van der Waals surface area contributed by atoms with E-state index < -0.39 is 0 Å². The number of pyridine rings is 1. The van der Waals surface area contributed by atoms with Crippen molar-refractivity contribution in [3.63, 3.8) is 0 Å². The third-order valence-electron chi connectivity index (χ3n) is 4.85. The molecule has 0 radical (unpaired) electrons. The molecule has 0 spiro atoms. The number of nitrogens with zero attached hydrogens (tertiary/aromatic N) is 1. The van der Waals surface area contributed by atoms with Gasteiger partial charge in [0, 0.05) is 12.1 Å². The van der Waals surface area contributed by atoms with Crippen molar-refractivity contribution in [2.75, 3.05) is 6.61 Å². The summed E-state index contributed by atoms with van der Waals surface area (Å²) in [6.07, 6.45) is 22.6. The van der Waals surface area contributed by atoms with E-state index in [-0.39, 0.29) is 5.97 Å². The van der Waals surface area contributed by atoms with Crippen LogP contribution < -0.4 is 4.57 Å². The van der Waals surface area contributed by atoms with Gasteiger partial charge in [0.05, 0.1) is 6.61 Å². The number of rotatable bonds is 17. The molecule has 0 aliphatic heterocycles. The summed E-state index contributed by atoms with van der Waals surface area (Å²) < 4.78 is 7.13. The molecule has 148 valence electrons. The molecule has 26 heavy (non-hydrogen) atoms. The van der Waals surface area contributed by atoms with Crippen LogP contribution in [0.15, 0.2) is 30.6 Å². The Morgan fingerprint density at radius 3 is 1.65 bits per heavy atom. The minimum absolute atomic E-state index is 0.143. The molecule has 0 unspecified atom stereocenters. The Labute approximate surface area is 161 Å². The third kappa shape index (κ3) is 13.9. The molecule has 0 atom stereocenters. The summed E-state index contributed by atoms with van der Waals surface area (Å²) in [6, 6.07) is 5.78. The zero-order chi connectivity index (χ0) is 18.7. The largest absolute Gasteiger partial charge is 0.461 e. The van der Waals surface area contributed by atoms with E-state index in [1.54, 1.807) is 0 Å². The summed E-state index contributed by atoms with van der Waals surface area (Å²) in [5.74, 6) is -0.143. The predicted molar refractivity (Wildman–Crippen MR) is 108 cm³/mol. The molecule has 0 aliphatic rings. The number of ether oxygens (including phenoxy) is 1. The molecule has 0 N–H and O–H groups in total. The van der Waals surface area contributed by atoms with E-state index in [0.29, 0.717) is 13.2 Å². The van der Waals surface area contributed by atoms with Gasteiger partial charge in [-0.15, -0.1) is 0 Å². The van der Waals surface area contributed by atoms with Gasteiger partial charge in [-0.2, -0.15) is 4.57 Å². The lowest BCUT2D eigenvalue weighted by Crippen LogP contribution is -2.37. The smallest absolute Gasteiger partial charge is 0.372 e. The molecular weight excluding hydrogens is 322 g/mol. The molecule has 0 fully saturated rings. The maximum atomic E-state index is 11.7. The van der Waals surface area contributed by atoms with Crippen molar-refractivity contribution >= 4 is 5.97 Å². The van der Waals surface area contributed by atoms with Crippen LogP contribution in [0, 0.1) is 0 Å². The van der Waals surface area contributed by atoms with Crippen LogP contribution in [-0.2, 0) is 16.1 Å². The van der Waals surface area contributed by atoms with E-state index in [2.05, 4.69) is 6.92 Å². The molecule has 3 nitrogen and oxygen atoms in total. The zero-order valence-corrected chi connectivity index (χ0v) is 17.0. The van der Waals surface area contributed by atoms with Crippen molar-refractivity contribution in [2.45, 2.75) is 103 Å². The molecule has 0 aliphatic carbocycles. The summed E-state index contributed by atoms with van der Waals surface area (Å²) in [7, 11) is 0. The van der Waals surface area contributed by atoms with Gasteiger partial charge < -0.3 is 4.74 Å². The second-order valence-electron chi connectivity index (χ2n) is 7.36. The van der Waals surface area contributed by atoms with Gasteiger partial charge in [0.25, 0.3) is 0 Å². The SMILES string of the molecule is CCCCCCCCCCCCCCCCOC(=O)C[n+]1ccccc1. The molecule has 3 heteroatoms. The maximum Gasteiger partial charge on any atom is 0.372 e. The molecule has 0 bridgehead atoms. The second kappa shape index (κ2) is 17.1. The summed E-state index contributed by atoms with van der Waals surface area (Å²) in [5, 5.41) is 0. The minimum Gasteiger partial charge on any atom is -0.461 e. The van der Waals surface area contributed by atoms with E-state index in [1.807, 2.05) is 35.2 Å². The van der Waals surface area contributed by atoms with Crippen LogP contribution in [-0.4, -0.2) is 12.6 Å². The van der Waals surface area contributed by atoms with Crippen LogP contribution in [0.25, 0.3) is 0 Å². The van der Waals surface area contributed by atoms with Crippen LogP contribution in [0.3, 0.4) is 0 Å². The number of hydrogen-bond donors (Lipinski definition) is 0. The van der Waals surface area contributed by atoms with Crippen molar-refractivity contribution in [1.29, 1.82) is 0 Å². The summed E-state index contributed by atoms with van der Waals surface area (Å²) in [6.45, 7) is 3.14. The van der Waals surface area contributed by atoms with Gasteiger partial charge in [-0.25, -0.2) is 4.79 Å². The van der Waals surface area contributed by atoms with Crippen molar-refractivity contribution in [2.24, 2.45) is 0 Å². The highest BCUT2D eigenvalue weighted by molar-refractivity contribution is 5.67. The Hall–Kier alpha value is -1.38. The molecule has 1 aromatic heterocycles. The molecule has 0 saturated carbocycles. The van der Waals surface area contributed by atoms with Gasteiger partial charge >= 0.3 is 5.97 Å². The van der Waals surface area contributed by atoms with Gasteiger partial charge in [0.15, 0.2) is 12.4 Å². The quantitative estimate of drug-likeness (QED) is 0.193. The number of esters is 1. The molecule has 0 amide bonds. The van der Waals surface area contributed by atoms with Crippen LogP contribution in [0.1, 0.15) is 96.8 Å². The first-order valence-corrected chi connectivity index (χ1v) is 10.9. The number of carbonyl (C=O) groups is 1. The average molecular weight is 363 g/mol. The topological polar surface area (TPSA) is 30.2 Å². The van der Waals surface area contributed by atoms with E-state index in [9.17, 15) is 4.79 Å². The van der Waals surface area contributed by atoms with Crippen LogP contribution in [0.4, 0.5) is 0 Å². The van der Waals surface area contributed by atoms with Crippen LogP contribution in [0.5, 0.6) is 0 Å². The van der Waals surface area contributed by atoms with Gasteiger partial charge in [-0.05, 0) is 6.42 Å². The van der Waals surface area contributed by atoms with Gasteiger partial charge in [0.2, 0.25) is 6.54 Å². The fourth-order valence-electron chi connectivity index (χ4n) is 3.22. The lowest BCUT2D eigenvalue weighted by molar-refractivity contribution is -0.686. The second-order valence-corrected chi connectivity index (χ2v) is 7.36. The van der Waals surface area contributed by atoms with Gasteiger partial charge in [-0.3, -0.25) is 0 Å². The lowest BCUT2D eigenvalue weighted by Gasteiger charge is -2.04. The van der Waals surface area contributed by atoms with Crippen molar-refractivity contribution in [1.82, 2.24) is 0 Å². The normalized spacial score (nSPS) is 10.8. The molecule has 0 saturated heterocycles. The highest BCUT2D eigenvalue weighted by Gasteiger charge is 2.09. The van der Waals surface area contributed by atoms with Crippen molar-refractivity contribution in [3.8, 4) is 0 Å². The molecule has 1 heterocycles. The van der Waals surface area contributed by atoms with Gasteiger partial charge in [-0.1, -0.05) is 96.5 Å². The Bertz CT molecular complexity index is 433. The highest BCUT2D eigenvalue weighted by atomic mass is 16.5. The van der Waals surface area contributed by atoms with Gasteiger partial charge in [0.1, 0.15) is 0 Å². The summed E-state index contributed by atoms with van der Waals surface area (Å²) in [4.78, 5) is 11.7. The highest BCUT2D eigenvalue weighted by Crippen LogP contribution is 2.12. The average Bonchev–Trinajstić information content (AvgIpc) is 2.65. The van der Waals surface area contributed by atoms with Crippen LogP contribution in [0.2, 0.25) is 0 Å². The zero-order valence-electron chi connectivity index (χ0n) is 17.0. The van der Waals surface area contributed by atoms with Crippen LogP contribution >= 0.6 is 0 Å². The molecule has 0 aromatic carbocycles. The third-order valence-corrected chi connectivity index (χ3v) is 4.85. The Balaban J connectivity index is 1.77. The van der Waals surface area contributed by atoms with E-state index in [4.69, 9.17) is 4.74 Å². The first kappa shape index (κ1) is 22.7. The first-order valence-electron chi connectivity index (χ1n) is 10.9. The van der Waals surface area contributed by atoms with Crippen molar-refractivity contribution < 1.29 is 14.1 Å². The first-order chi connectivity index (χ1) is 12.8. The lowest BCUT2D eigenvalue weighted by atomic mass is 10.0. The Kier molecular flexibility index (Phi) is 14.9. The predicted octanol–water partition coefficient (Wildman–Crippen LogP) is 6.00. The molecule has 1 aromatic rings.